The van der Waals surface area contributed by atoms with Crippen LogP contribution in [0, 0.1) is 11.6 Å². The maximum Gasteiger partial charge on any atom is 0.243 e. The second kappa shape index (κ2) is 12.6. The van der Waals surface area contributed by atoms with Gasteiger partial charge in [0.2, 0.25) is 21.8 Å². The Morgan fingerprint density at radius 1 is 1.03 bits per heavy atom. The van der Waals surface area contributed by atoms with Crippen molar-refractivity contribution in [3.8, 4) is 0 Å². The molecule has 1 unspecified atom stereocenters. The van der Waals surface area contributed by atoms with Crippen molar-refractivity contribution in [3.05, 3.63) is 65.7 Å². The highest BCUT2D eigenvalue weighted by Crippen LogP contribution is 2.22. The van der Waals surface area contributed by atoms with E-state index in [1.54, 1.807) is 19.1 Å². The van der Waals surface area contributed by atoms with Crippen molar-refractivity contribution in [1.29, 1.82) is 0 Å². The van der Waals surface area contributed by atoms with Gasteiger partial charge in [0.1, 0.15) is 17.7 Å². The summed E-state index contributed by atoms with van der Waals surface area (Å²) in [6.45, 7) is 5.41. The molecule has 1 atom stereocenters. The molecule has 2 rings (SSSR count). The van der Waals surface area contributed by atoms with Crippen molar-refractivity contribution in [3.63, 3.8) is 0 Å². The second-order valence-electron chi connectivity index (χ2n) is 8.63. The van der Waals surface area contributed by atoms with Gasteiger partial charge < -0.3 is 10.2 Å². The van der Waals surface area contributed by atoms with Crippen molar-refractivity contribution in [2.24, 2.45) is 0 Å². The van der Waals surface area contributed by atoms with E-state index in [2.05, 4.69) is 5.32 Å². The molecule has 2 amide bonds. The molecule has 0 saturated carbocycles. The molecule has 2 aromatic rings. The van der Waals surface area contributed by atoms with E-state index in [1.807, 2.05) is 13.8 Å². The monoisotopic (exact) mass is 509 g/mol. The predicted octanol–water partition coefficient (Wildman–Crippen LogP) is 3.84. The number of anilines is 1. The maximum absolute atomic E-state index is 14.2. The largest absolute Gasteiger partial charge is 0.352 e. The van der Waals surface area contributed by atoms with Gasteiger partial charge in [-0.2, -0.15) is 0 Å². The van der Waals surface area contributed by atoms with Gasteiger partial charge in [-0.1, -0.05) is 31.2 Å². The van der Waals surface area contributed by atoms with Gasteiger partial charge in [-0.3, -0.25) is 13.9 Å². The number of nitrogens with zero attached hydrogens (tertiary/aromatic N) is 2. The number of para-hydroxylation sites is 1. The molecule has 35 heavy (non-hydrogen) atoms. The van der Waals surface area contributed by atoms with Crippen LogP contribution in [0.5, 0.6) is 0 Å². The molecule has 0 bridgehead atoms. The molecule has 0 aliphatic rings. The van der Waals surface area contributed by atoms with E-state index in [1.165, 1.54) is 41.3 Å². The number of amides is 2. The molecule has 0 aromatic heterocycles. The third kappa shape index (κ3) is 8.31. The van der Waals surface area contributed by atoms with Gasteiger partial charge in [-0.25, -0.2) is 17.2 Å². The van der Waals surface area contributed by atoms with Crippen LogP contribution < -0.4 is 9.62 Å². The Bertz CT molecular complexity index is 1110. The number of benzene rings is 2. The van der Waals surface area contributed by atoms with Crippen molar-refractivity contribution >= 4 is 27.5 Å². The average Bonchev–Trinajstić information content (AvgIpc) is 2.77. The summed E-state index contributed by atoms with van der Waals surface area (Å²) >= 11 is 0. The number of hydrogen-bond acceptors (Lipinski definition) is 4. The van der Waals surface area contributed by atoms with Crippen LogP contribution in [0.1, 0.15) is 45.6 Å². The van der Waals surface area contributed by atoms with Gasteiger partial charge in [0.15, 0.2) is 0 Å². The SMILES string of the molecule is CCC(C(=O)NC(C)C)N(Cc1ccc(F)cc1)C(=O)CCCN(c1ccccc1F)S(C)(=O)=O. The van der Waals surface area contributed by atoms with Gasteiger partial charge in [-0.05, 0) is 56.5 Å². The number of sulfonamides is 1. The van der Waals surface area contributed by atoms with E-state index in [-0.39, 0.29) is 49.5 Å². The third-order valence-corrected chi connectivity index (χ3v) is 6.54. The molecule has 7 nitrogen and oxygen atoms in total. The van der Waals surface area contributed by atoms with Crippen LogP contribution in [0.2, 0.25) is 0 Å². The normalized spacial score (nSPS) is 12.3. The Morgan fingerprint density at radius 3 is 2.20 bits per heavy atom. The van der Waals surface area contributed by atoms with Crippen LogP contribution in [-0.4, -0.2) is 50.0 Å². The summed E-state index contributed by atoms with van der Waals surface area (Å²) in [4.78, 5) is 27.5. The van der Waals surface area contributed by atoms with Gasteiger partial charge in [0.05, 0.1) is 11.9 Å². The smallest absolute Gasteiger partial charge is 0.243 e. The summed E-state index contributed by atoms with van der Waals surface area (Å²) in [7, 11) is -3.79. The zero-order valence-corrected chi connectivity index (χ0v) is 21.3. The van der Waals surface area contributed by atoms with Gasteiger partial charge in [-0.15, -0.1) is 0 Å². The Labute approximate surface area is 206 Å². The first-order valence-electron chi connectivity index (χ1n) is 11.5. The van der Waals surface area contributed by atoms with Crippen LogP contribution in [0.3, 0.4) is 0 Å². The Hall–Kier alpha value is -3.01. The minimum absolute atomic E-state index is 0.0624. The quantitative estimate of drug-likeness (QED) is 0.471. The summed E-state index contributed by atoms with van der Waals surface area (Å²) in [6, 6.07) is 10.3. The van der Waals surface area contributed by atoms with Crippen LogP contribution in [-0.2, 0) is 26.2 Å². The van der Waals surface area contributed by atoms with Crippen molar-refractivity contribution < 1.29 is 26.8 Å². The zero-order chi connectivity index (χ0) is 26.2. The van der Waals surface area contributed by atoms with Crippen LogP contribution in [0.15, 0.2) is 48.5 Å². The van der Waals surface area contributed by atoms with Crippen LogP contribution >= 0.6 is 0 Å². The zero-order valence-electron chi connectivity index (χ0n) is 20.5. The summed E-state index contributed by atoms with van der Waals surface area (Å²) in [5.74, 6) is -1.76. The number of carbonyl (C=O) groups is 2. The highest BCUT2D eigenvalue weighted by molar-refractivity contribution is 7.92. The third-order valence-electron chi connectivity index (χ3n) is 5.36. The van der Waals surface area contributed by atoms with Crippen molar-refractivity contribution in [1.82, 2.24) is 10.2 Å². The Kier molecular flexibility index (Phi) is 10.2. The van der Waals surface area contributed by atoms with Gasteiger partial charge in [0, 0.05) is 25.6 Å². The molecule has 0 spiro atoms. The lowest BCUT2D eigenvalue weighted by atomic mass is 10.1. The fourth-order valence-corrected chi connectivity index (χ4v) is 4.69. The molecule has 2 aromatic carbocycles. The van der Waals surface area contributed by atoms with Gasteiger partial charge in [0.25, 0.3) is 0 Å². The number of halogens is 2. The summed E-state index contributed by atoms with van der Waals surface area (Å²) < 4.78 is 53.1. The van der Waals surface area contributed by atoms with E-state index in [9.17, 15) is 26.8 Å². The summed E-state index contributed by atoms with van der Waals surface area (Å²) in [6.07, 6.45) is 1.39. The number of carbonyl (C=O) groups excluding carboxylic acids is 2. The van der Waals surface area contributed by atoms with E-state index >= 15 is 0 Å². The topological polar surface area (TPSA) is 86.8 Å². The van der Waals surface area contributed by atoms with Gasteiger partial charge >= 0.3 is 0 Å². The Balaban J connectivity index is 2.22. The maximum atomic E-state index is 14.2. The molecular weight excluding hydrogens is 476 g/mol. The molecule has 10 heteroatoms. The fraction of sp³-hybridized carbons (Fsp3) is 0.440. The molecule has 192 valence electrons. The molecule has 1 N–H and O–H groups in total. The first kappa shape index (κ1) is 28.2. The van der Waals surface area contributed by atoms with Crippen molar-refractivity contribution in [2.75, 3.05) is 17.1 Å². The molecule has 0 heterocycles. The molecule has 0 aliphatic heterocycles. The minimum atomic E-state index is -3.79. The molecule has 0 saturated heterocycles. The van der Waals surface area contributed by atoms with E-state index in [0.29, 0.717) is 12.0 Å². The van der Waals surface area contributed by atoms with Crippen LogP contribution in [0.4, 0.5) is 14.5 Å². The lowest BCUT2D eigenvalue weighted by Gasteiger charge is -2.31. The average molecular weight is 510 g/mol. The molecule has 0 fully saturated rings. The standard InChI is InChI=1S/C25H33F2N3O4S/c1-5-22(25(32)28-18(2)3)29(17-19-12-14-20(26)15-13-19)24(31)11-8-16-30(35(4,33)34)23-10-7-6-9-21(23)27/h6-7,9-10,12-15,18,22H,5,8,11,16-17H2,1-4H3,(H,28,32). The highest BCUT2D eigenvalue weighted by Gasteiger charge is 2.29. The predicted molar refractivity (Wildman–Crippen MR) is 132 cm³/mol. The number of nitrogens with one attached hydrogen (secondary N) is 1. The molecule has 0 aliphatic carbocycles. The Morgan fingerprint density at radius 2 is 1.66 bits per heavy atom. The lowest BCUT2D eigenvalue weighted by Crippen LogP contribution is -2.50. The molecule has 0 radical (unpaired) electrons. The van der Waals surface area contributed by atoms with E-state index < -0.39 is 27.7 Å². The number of rotatable bonds is 12. The summed E-state index contributed by atoms with van der Waals surface area (Å²) in [5, 5.41) is 2.82. The number of hydrogen-bond donors (Lipinski definition) is 1. The summed E-state index contributed by atoms with van der Waals surface area (Å²) in [5.41, 5.74) is 0.563. The minimum Gasteiger partial charge on any atom is -0.352 e. The first-order chi connectivity index (χ1) is 16.4. The fourth-order valence-electron chi connectivity index (χ4n) is 3.72. The first-order valence-corrected chi connectivity index (χ1v) is 13.3. The lowest BCUT2D eigenvalue weighted by molar-refractivity contribution is -0.141. The van der Waals surface area contributed by atoms with E-state index in [0.717, 1.165) is 10.6 Å². The van der Waals surface area contributed by atoms with Crippen molar-refractivity contribution in [2.45, 2.75) is 58.7 Å². The molecular formula is C25H33F2N3O4S. The second-order valence-corrected chi connectivity index (χ2v) is 10.5. The van der Waals surface area contributed by atoms with E-state index in [4.69, 9.17) is 0 Å². The van der Waals surface area contributed by atoms with Crippen LogP contribution in [0.25, 0.3) is 0 Å². The highest BCUT2D eigenvalue weighted by atomic mass is 32.2.